The molecule has 0 saturated carbocycles. The van der Waals surface area contributed by atoms with E-state index in [2.05, 4.69) is 58.2 Å². The molecule has 0 aliphatic carbocycles. The predicted octanol–water partition coefficient (Wildman–Crippen LogP) is 8.57. The van der Waals surface area contributed by atoms with E-state index in [1.54, 1.807) is 0 Å². The summed E-state index contributed by atoms with van der Waals surface area (Å²) >= 11 is -1.66. The van der Waals surface area contributed by atoms with E-state index in [9.17, 15) is 0 Å². The Hall–Kier alpha value is 0.830. The predicted molar refractivity (Wildman–Crippen MR) is 131 cm³/mol. The molecular weight excluding hydrogens is 441 g/mol. The Bertz CT molecular complexity index is 321. The fourth-order valence-electron chi connectivity index (χ4n) is 7.05. The fraction of sp³-hybridized carbons (Fsp3) is 1.00. The van der Waals surface area contributed by atoms with Gasteiger partial charge in [-0.3, -0.25) is 0 Å². The minimum atomic E-state index is -1.66. The summed E-state index contributed by atoms with van der Waals surface area (Å²) in [5.41, 5.74) is 0. The number of nitrogens with zero attached hydrogens (tertiary/aromatic N) is 1. The van der Waals surface area contributed by atoms with Crippen LogP contribution in [0.3, 0.4) is 0 Å². The minimum absolute atomic E-state index is 0.846. The van der Waals surface area contributed by atoms with Gasteiger partial charge in [0.2, 0.25) is 0 Å². The number of rotatable bonds is 12. The third-order valence-electron chi connectivity index (χ3n) is 8.14. The molecule has 0 aromatic rings. The fourth-order valence-corrected chi connectivity index (χ4v) is 20.8. The molecule has 1 heterocycles. The maximum absolute atomic E-state index is 2.97. The molecule has 1 rings (SSSR count). The first-order chi connectivity index (χ1) is 13.5. The third-order valence-corrected chi connectivity index (χ3v) is 20.6. The summed E-state index contributed by atoms with van der Waals surface area (Å²) in [5, 5.41) is 0. The second kappa shape index (κ2) is 14.8. The van der Waals surface area contributed by atoms with Gasteiger partial charge in [-0.15, -0.1) is 0 Å². The molecule has 1 fully saturated rings. The van der Waals surface area contributed by atoms with Crippen molar-refractivity contribution in [2.75, 3.05) is 7.05 Å². The van der Waals surface area contributed by atoms with E-state index in [0.29, 0.717) is 0 Å². The summed E-state index contributed by atoms with van der Waals surface area (Å²) < 4.78 is 5.14. The summed E-state index contributed by atoms with van der Waals surface area (Å²) in [7, 11) is 2.55. The van der Waals surface area contributed by atoms with E-state index < -0.39 is 21.4 Å². The van der Waals surface area contributed by atoms with Gasteiger partial charge in [-0.25, -0.2) is 0 Å². The monoisotopic (exact) mass is 495 g/mol. The molecule has 2 heteroatoms. The molecule has 1 aliphatic heterocycles. The first kappa shape index (κ1) is 26.9. The Morgan fingerprint density at radius 1 is 0.536 bits per heavy atom. The van der Waals surface area contributed by atoms with E-state index in [4.69, 9.17) is 0 Å². The van der Waals surface area contributed by atoms with Crippen LogP contribution in [0.4, 0.5) is 0 Å². The van der Waals surface area contributed by atoms with Crippen LogP contribution in [-0.2, 0) is 0 Å². The third kappa shape index (κ3) is 6.93. The van der Waals surface area contributed by atoms with Gasteiger partial charge >= 0.3 is 188 Å². The Kier molecular flexibility index (Phi) is 14.2. The standard InChI is InChI=1S/C25H51N.CH3.In/c1-8-14-20-22(16-10-3)24(18-12-5)26(7)25(19-13-6)23(17-11-4)21-15-9-2;;/h20-25H,8-19H2,1-7H3;1H3;. The molecule has 0 bridgehead atoms. The Morgan fingerprint density at radius 3 is 1.14 bits per heavy atom. The Morgan fingerprint density at radius 2 is 0.857 bits per heavy atom. The first-order valence-electron chi connectivity index (χ1n) is 13.2. The maximum atomic E-state index is 2.97. The molecule has 0 aromatic carbocycles. The Balaban J connectivity index is 3.47. The van der Waals surface area contributed by atoms with Crippen LogP contribution in [-0.4, -0.2) is 45.5 Å². The van der Waals surface area contributed by atoms with E-state index in [0.717, 1.165) is 31.3 Å². The van der Waals surface area contributed by atoms with Crippen molar-refractivity contribution in [3.05, 3.63) is 0 Å². The topological polar surface area (TPSA) is 3.24 Å². The van der Waals surface area contributed by atoms with Crippen LogP contribution in [0.2, 0.25) is 12.0 Å². The first-order valence-corrected chi connectivity index (χ1v) is 20.3. The summed E-state index contributed by atoms with van der Waals surface area (Å²) in [6, 6.07) is 1.69. The average Bonchev–Trinajstić information content (AvgIpc) is 2.68. The molecular formula is C26H54InN. The summed E-state index contributed by atoms with van der Waals surface area (Å²) in [6.07, 6.45) is 17.2. The van der Waals surface area contributed by atoms with Crippen molar-refractivity contribution in [2.45, 2.75) is 143 Å². The van der Waals surface area contributed by atoms with Crippen molar-refractivity contribution >= 4 is 21.4 Å². The molecule has 1 aliphatic rings. The van der Waals surface area contributed by atoms with E-state index in [1.807, 2.05) is 0 Å². The van der Waals surface area contributed by atoms with Crippen LogP contribution in [0.5, 0.6) is 0 Å². The van der Waals surface area contributed by atoms with Gasteiger partial charge in [0, 0.05) is 0 Å². The van der Waals surface area contributed by atoms with Crippen molar-refractivity contribution in [1.82, 2.24) is 4.90 Å². The van der Waals surface area contributed by atoms with Crippen LogP contribution >= 0.6 is 0 Å². The van der Waals surface area contributed by atoms with Gasteiger partial charge in [-0.2, -0.15) is 0 Å². The average molecular weight is 496 g/mol. The molecule has 1 nitrogen and oxygen atoms in total. The van der Waals surface area contributed by atoms with E-state index >= 15 is 0 Å². The van der Waals surface area contributed by atoms with Gasteiger partial charge in [0.05, 0.1) is 0 Å². The van der Waals surface area contributed by atoms with Gasteiger partial charge in [0.15, 0.2) is 0 Å². The van der Waals surface area contributed by atoms with Crippen LogP contribution in [0.15, 0.2) is 0 Å². The Labute approximate surface area is 187 Å². The number of hydrogen-bond acceptors (Lipinski definition) is 1. The van der Waals surface area contributed by atoms with Gasteiger partial charge in [0.25, 0.3) is 0 Å². The van der Waals surface area contributed by atoms with E-state index in [1.165, 1.54) is 77.0 Å². The molecule has 0 N–H and O–H groups in total. The normalized spacial score (nSPS) is 32.4. The molecule has 166 valence electrons. The van der Waals surface area contributed by atoms with Crippen molar-refractivity contribution in [1.29, 1.82) is 0 Å². The van der Waals surface area contributed by atoms with E-state index in [-0.39, 0.29) is 0 Å². The van der Waals surface area contributed by atoms with Crippen molar-refractivity contribution in [3.8, 4) is 0 Å². The van der Waals surface area contributed by atoms with Crippen LogP contribution < -0.4 is 0 Å². The summed E-state index contributed by atoms with van der Waals surface area (Å²) in [4.78, 5) is 2.97. The molecule has 0 spiro atoms. The van der Waals surface area contributed by atoms with Crippen molar-refractivity contribution in [2.24, 2.45) is 11.8 Å². The zero-order valence-electron chi connectivity index (χ0n) is 21.0. The van der Waals surface area contributed by atoms with Crippen LogP contribution in [0.1, 0.15) is 119 Å². The zero-order valence-corrected chi connectivity index (χ0v) is 24.3. The van der Waals surface area contributed by atoms with Crippen molar-refractivity contribution in [3.63, 3.8) is 0 Å². The van der Waals surface area contributed by atoms with Gasteiger partial charge in [-0.05, 0) is 0 Å². The zero-order chi connectivity index (χ0) is 21.1. The molecule has 28 heavy (non-hydrogen) atoms. The molecule has 6 atom stereocenters. The SMILES string of the molecule is CCCC1C(CCC)N(C)C(CCC)C(CCC)[CH](CCC)[In]([CH3])[CH]1CCC. The molecule has 6 unspecified atom stereocenters. The summed E-state index contributed by atoms with van der Waals surface area (Å²) in [6.45, 7) is 14.6. The second-order valence-corrected chi connectivity index (χ2v) is 19.8. The van der Waals surface area contributed by atoms with Crippen molar-refractivity contribution < 1.29 is 0 Å². The van der Waals surface area contributed by atoms with Gasteiger partial charge in [-0.1, -0.05) is 0 Å². The van der Waals surface area contributed by atoms with Gasteiger partial charge in [0.1, 0.15) is 0 Å². The van der Waals surface area contributed by atoms with Gasteiger partial charge < -0.3 is 0 Å². The quantitative estimate of drug-likeness (QED) is 0.262. The molecule has 1 saturated heterocycles. The molecule has 0 aromatic heterocycles. The number of hydrogen-bond donors (Lipinski definition) is 0. The summed E-state index contributed by atoms with van der Waals surface area (Å²) in [5.74, 6) is 1.98. The molecule has 0 amide bonds. The second-order valence-electron chi connectivity index (χ2n) is 10.0. The molecule has 0 radical (unpaired) electrons. The van der Waals surface area contributed by atoms with Crippen LogP contribution in [0.25, 0.3) is 0 Å². The van der Waals surface area contributed by atoms with Crippen LogP contribution in [0, 0.1) is 11.8 Å².